The molecule has 1 heterocycles. The minimum atomic E-state index is 0.452. The van der Waals surface area contributed by atoms with E-state index in [4.69, 9.17) is 0 Å². The maximum absolute atomic E-state index is 4.27. The topological polar surface area (TPSA) is 28.7 Å². The van der Waals surface area contributed by atoms with Crippen LogP contribution in [0.3, 0.4) is 0 Å². The Bertz CT molecular complexity index is 452. The highest BCUT2D eigenvalue weighted by atomic mass is 14.9. The molecular formula is C11H12N2. The monoisotopic (exact) mass is 172 g/mol. The lowest BCUT2D eigenvalue weighted by molar-refractivity contribution is 0.789. The molecule has 2 aromatic rings. The van der Waals surface area contributed by atoms with Crippen molar-refractivity contribution in [2.24, 2.45) is 0 Å². The van der Waals surface area contributed by atoms with Crippen molar-refractivity contribution in [3.05, 3.63) is 30.1 Å². The van der Waals surface area contributed by atoms with Crippen LogP contribution >= 0.6 is 0 Å². The van der Waals surface area contributed by atoms with Crippen LogP contribution in [0.25, 0.3) is 11.0 Å². The highest BCUT2D eigenvalue weighted by Crippen LogP contribution is 2.47. The van der Waals surface area contributed by atoms with Crippen LogP contribution in [0.4, 0.5) is 0 Å². The zero-order chi connectivity index (χ0) is 8.89. The smallest absolute Gasteiger partial charge is 0.0931 e. The van der Waals surface area contributed by atoms with Crippen LogP contribution in [0.15, 0.2) is 24.5 Å². The number of benzene rings is 1. The summed E-state index contributed by atoms with van der Waals surface area (Å²) in [7, 11) is 0. The number of H-pyrrole nitrogens is 1. The fourth-order valence-corrected chi connectivity index (χ4v) is 1.78. The van der Waals surface area contributed by atoms with Gasteiger partial charge >= 0.3 is 0 Å². The molecule has 2 nitrogen and oxygen atoms in total. The zero-order valence-corrected chi connectivity index (χ0v) is 7.67. The van der Waals surface area contributed by atoms with Gasteiger partial charge < -0.3 is 4.98 Å². The molecule has 1 aromatic carbocycles. The van der Waals surface area contributed by atoms with Crippen molar-refractivity contribution in [2.45, 2.75) is 25.2 Å². The molecule has 3 rings (SSSR count). The summed E-state index contributed by atoms with van der Waals surface area (Å²) in [5, 5.41) is 0. The number of nitrogens with one attached hydrogen (secondary N) is 1. The Morgan fingerprint density at radius 1 is 1.38 bits per heavy atom. The molecule has 66 valence electrons. The average Bonchev–Trinajstić information content (AvgIpc) is 2.74. The fraction of sp³-hybridized carbons (Fsp3) is 0.364. The van der Waals surface area contributed by atoms with Crippen LogP contribution in [0.1, 0.15) is 25.3 Å². The minimum absolute atomic E-state index is 0.452. The molecule has 0 bridgehead atoms. The SMILES string of the molecule is CC1(c2ccc3[nH]cnc3c2)CC1. The van der Waals surface area contributed by atoms with Gasteiger partial charge in [-0.05, 0) is 36.0 Å². The summed E-state index contributed by atoms with van der Waals surface area (Å²) in [6, 6.07) is 6.55. The van der Waals surface area contributed by atoms with Crippen molar-refractivity contribution in [2.75, 3.05) is 0 Å². The minimum Gasteiger partial charge on any atom is -0.345 e. The molecule has 1 aliphatic carbocycles. The third-order valence-electron chi connectivity index (χ3n) is 3.12. The van der Waals surface area contributed by atoms with E-state index >= 15 is 0 Å². The van der Waals surface area contributed by atoms with E-state index in [1.807, 2.05) is 0 Å². The normalized spacial score (nSPS) is 19.2. The van der Waals surface area contributed by atoms with Crippen molar-refractivity contribution >= 4 is 11.0 Å². The molecule has 1 N–H and O–H groups in total. The molecule has 0 aliphatic heterocycles. The van der Waals surface area contributed by atoms with Crippen molar-refractivity contribution in [1.29, 1.82) is 0 Å². The Balaban J connectivity index is 2.20. The molecular weight excluding hydrogens is 160 g/mol. The van der Waals surface area contributed by atoms with E-state index in [0.29, 0.717) is 5.41 Å². The summed E-state index contributed by atoms with van der Waals surface area (Å²) in [4.78, 5) is 7.37. The van der Waals surface area contributed by atoms with Gasteiger partial charge in [0.1, 0.15) is 0 Å². The molecule has 1 aliphatic rings. The molecule has 0 unspecified atom stereocenters. The standard InChI is InChI=1S/C11H12N2/c1-11(4-5-11)8-2-3-9-10(6-8)13-7-12-9/h2-3,6-7H,4-5H2,1H3,(H,12,13). The lowest BCUT2D eigenvalue weighted by Crippen LogP contribution is -1.98. The first kappa shape index (κ1) is 7.13. The van der Waals surface area contributed by atoms with Gasteiger partial charge in [-0.25, -0.2) is 4.98 Å². The molecule has 0 radical (unpaired) electrons. The van der Waals surface area contributed by atoms with Crippen molar-refractivity contribution < 1.29 is 0 Å². The first-order valence-electron chi connectivity index (χ1n) is 4.72. The van der Waals surface area contributed by atoms with Crippen LogP contribution in [-0.4, -0.2) is 9.97 Å². The van der Waals surface area contributed by atoms with Crippen molar-refractivity contribution in [3.8, 4) is 0 Å². The van der Waals surface area contributed by atoms with E-state index in [1.165, 1.54) is 18.4 Å². The Labute approximate surface area is 77.0 Å². The summed E-state index contributed by atoms with van der Waals surface area (Å²) in [5.41, 5.74) is 4.11. The molecule has 2 heteroatoms. The van der Waals surface area contributed by atoms with E-state index in [9.17, 15) is 0 Å². The maximum atomic E-state index is 4.27. The molecule has 0 atom stereocenters. The molecule has 0 amide bonds. The van der Waals surface area contributed by atoms with Crippen LogP contribution in [-0.2, 0) is 5.41 Å². The van der Waals surface area contributed by atoms with E-state index in [-0.39, 0.29) is 0 Å². The van der Waals surface area contributed by atoms with Gasteiger partial charge in [0.15, 0.2) is 0 Å². The average molecular weight is 172 g/mol. The van der Waals surface area contributed by atoms with Crippen molar-refractivity contribution in [3.63, 3.8) is 0 Å². The van der Waals surface area contributed by atoms with Gasteiger partial charge in [0.2, 0.25) is 0 Å². The van der Waals surface area contributed by atoms with Crippen LogP contribution < -0.4 is 0 Å². The lowest BCUT2D eigenvalue weighted by Gasteiger charge is -2.07. The third-order valence-corrected chi connectivity index (χ3v) is 3.12. The number of fused-ring (bicyclic) bond motifs is 1. The Morgan fingerprint density at radius 3 is 3.00 bits per heavy atom. The second kappa shape index (κ2) is 2.13. The van der Waals surface area contributed by atoms with Gasteiger partial charge in [-0.1, -0.05) is 13.0 Å². The molecule has 1 fully saturated rings. The Hall–Kier alpha value is -1.31. The number of hydrogen-bond donors (Lipinski definition) is 1. The van der Waals surface area contributed by atoms with Gasteiger partial charge in [-0.3, -0.25) is 0 Å². The Kier molecular flexibility index (Phi) is 1.17. The van der Waals surface area contributed by atoms with Gasteiger partial charge in [-0.15, -0.1) is 0 Å². The van der Waals surface area contributed by atoms with Crippen LogP contribution in [0.5, 0.6) is 0 Å². The first-order chi connectivity index (χ1) is 6.28. The largest absolute Gasteiger partial charge is 0.345 e. The molecule has 1 aromatic heterocycles. The fourth-order valence-electron chi connectivity index (χ4n) is 1.78. The van der Waals surface area contributed by atoms with Crippen molar-refractivity contribution in [1.82, 2.24) is 9.97 Å². The summed E-state index contributed by atoms with van der Waals surface area (Å²) < 4.78 is 0. The molecule has 0 saturated heterocycles. The third kappa shape index (κ3) is 0.981. The quantitative estimate of drug-likeness (QED) is 0.703. The van der Waals surface area contributed by atoms with Crippen LogP contribution in [0, 0.1) is 0 Å². The van der Waals surface area contributed by atoms with Gasteiger partial charge in [0.05, 0.1) is 17.4 Å². The summed E-state index contributed by atoms with van der Waals surface area (Å²) >= 11 is 0. The zero-order valence-electron chi connectivity index (χ0n) is 7.67. The predicted molar refractivity (Wildman–Crippen MR) is 52.7 cm³/mol. The predicted octanol–water partition coefficient (Wildman–Crippen LogP) is 2.61. The van der Waals surface area contributed by atoms with E-state index in [1.54, 1.807) is 6.33 Å². The second-order valence-electron chi connectivity index (χ2n) is 4.20. The van der Waals surface area contributed by atoms with E-state index in [2.05, 4.69) is 35.1 Å². The van der Waals surface area contributed by atoms with Gasteiger partial charge in [0, 0.05) is 0 Å². The van der Waals surface area contributed by atoms with Gasteiger partial charge in [-0.2, -0.15) is 0 Å². The summed E-state index contributed by atoms with van der Waals surface area (Å²) in [6.45, 7) is 2.32. The number of hydrogen-bond acceptors (Lipinski definition) is 1. The molecule has 0 spiro atoms. The molecule has 1 saturated carbocycles. The number of nitrogens with zero attached hydrogens (tertiary/aromatic N) is 1. The van der Waals surface area contributed by atoms with Gasteiger partial charge in [0.25, 0.3) is 0 Å². The summed E-state index contributed by atoms with van der Waals surface area (Å²) in [5.74, 6) is 0. The highest BCUT2D eigenvalue weighted by Gasteiger charge is 2.38. The highest BCUT2D eigenvalue weighted by molar-refractivity contribution is 5.75. The molecule has 13 heavy (non-hydrogen) atoms. The number of aromatic nitrogens is 2. The maximum Gasteiger partial charge on any atom is 0.0931 e. The summed E-state index contributed by atoms with van der Waals surface area (Å²) in [6.07, 6.45) is 4.40. The van der Waals surface area contributed by atoms with E-state index < -0.39 is 0 Å². The first-order valence-corrected chi connectivity index (χ1v) is 4.72. The second-order valence-corrected chi connectivity index (χ2v) is 4.20. The number of rotatable bonds is 1. The lowest BCUT2D eigenvalue weighted by atomic mass is 9.98. The Morgan fingerprint density at radius 2 is 2.23 bits per heavy atom. The van der Waals surface area contributed by atoms with E-state index in [0.717, 1.165) is 11.0 Å². The van der Waals surface area contributed by atoms with Crippen LogP contribution in [0.2, 0.25) is 0 Å². The number of imidazole rings is 1. The number of aromatic amines is 1.